The van der Waals surface area contributed by atoms with Crippen molar-refractivity contribution >= 4 is 10.9 Å². The van der Waals surface area contributed by atoms with Crippen molar-refractivity contribution in [2.75, 3.05) is 0 Å². The van der Waals surface area contributed by atoms with Crippen LogP contribution in [0.1, 0.15) is 16.8 Å². The highest BCUT2D eigenvalue weighted by Gasteiger charge is 2.05. The minimum atomic E-state index is 0.457. The highest BCUT2D eigenvalue weighted by atomic mass is 16.5. The SMILES string of the molecule is Cc1cc(COc2cccc(C#N)c2)c2ccccc2n1. The van der Waals surface area contributed by atoms with E-state index in [-0.39, 0.29) is 0 Å². The van der Waals surface area contributed by atoms with Crippen molar-refractivity contribution in [3.63, 3.8) is 0 Å². The second-order valence-corrected chi connectivity index (χ2v) is 4.87. The zero-order valence-corrected chi connectivity index (χ0v) is 11.7. The van der Waals surface area contributed by atoms with Crippen molar-refractivity contribution in [3.05, 3.63) is 71.4 Å². The lowest BCUT2D eigenvalue weighted by Gasteiger charge is -2.10. The average Bonchev–Trinajstić information content (AvgIpc) is 2.52. The summed E-state index contributed by atoms with van der Waals surface area (Å²) in [7, 11) is 0. The standard InChI is InChI=1S/C18H14N2O/c1-13-9-15(17-7-2-3-8-18(17)20-13)12-21-16-6-4-5-14(10-16)11-19/h2-10H,12H2,1H3. The fourth-order valence-corrected chi connectivity index (χ4v) is 2.33. The predicted molar refractivity (Wildman–Crippen MR) is 82.0 cm³/mol. The first-order valence-corrected chi connectivity index (χ1v) is 6.74. The third-order valence-corrected chi connectivity index (χ3v) is 3.29. The van der Waals surface area contributed by atoms with Gasteiger partial charge in [0.05, 0.1) is 17.1 Å². The Labute approximate surface area is 123 Å². The Kier molecular flexibility index (Phi) is 3.53. The molecule has 3 nitrogen and oxygen atoms in total. The minimum absolute atomic E-state index is 0.457. The molecule has 0 saturated carbocycles. The molecule has 0 aliphatic heterocycles. The quantitative estimate of drug-likeness (QED) is 0.725. The van der Waals surface area contributed by atoms with Crippen LogP contribution in [-0.2, 0) is 6.61 Å². The third-order valence-electron chi connectivity index (χ3n) is 3.29. The van der Waals surface area contributed by atoms with E-state index >= 15 is 0 Å². The number of aromatic nitrogens is 1. The maximum atomic E-state index is 8.91. The van der Waals surface area contributed by atoms with Gasteiger partial charge in [-0.15, -0.1) is 0 Å². The number of pyridine rings is 1. The molecular weight excluding hydrogens is 260 g/mol. The van der Waals surface area contributed by atoms with Crippen LogP contribution in [-0.4, -0.2) is 4.98 Å². The van der Waals surface area contributed by atoms with Gasteiger partial charge in [-0.3, -0.25) is 4.98 Å². The van der Waals surface area contributed by atoms with Crippen molar-refractivity contribution in [1.29, 1.82) is 5.26 Å². The summed E-state index contributed by atoms with van der Waals surface area (Å²) >= 11 is 0. The number of hydrogen-bond acceptors (Lipinski definition) is 3. The minimum Gasteiger partial charge on any atom is -0.489 e. The van der Waals surface area contributed by atoms with Gasteiger partial charge in [0.15, 0.2) is 0 Å². The van der Waals surface area contributed by atoms with Crippen molar-refractivity contribution in [3.8, 4) is 11.8 Å². The van der Waals surface area contributed by atoms with E-state index in [1.807, 2.05) is 49.4 Å². The summed E-state index contributed by atoms with van der Waals surface area (Å²) in [5.41, 5.74) is 3.64. The average molecular weight is 274 g/mol. The maximum absolute atomic E-state index is 8.91. The summed E-state index contributed by atoms with van der Waals surface area (Å²) in [6, 6.07) is 19.4. The van der Waals surface area contributed by atoms with Gasteiger partial charge in [-0.25, -0.2) is 0 Å². The van der Waals surface area contributed by atoms with Crippen molar-refractivity contribution < 1.29 is 4.74 Å². The number of rotatable bonds is 3. The monoisotopic (exact) mass is 274 g/mol. The van der Waals surface area contributed by atoms with Gasteiger partial charge in [0.1, 0.15) is 12.4 Å². The largest absolute Gasteiger partial charge is 0.489 e. The van der Waals surface area contributed by atoms with Crippen molar-refractivity contribution in [2.45, 2.75) is 13.5 Å². The maximum Gasteiger partial charge on any atom is 0.121 e. The molecule has 0 atom stereocenters. The van der Waals surface area contributed by atoms with Gasteiger partial charge in [0.2, 0.25) is 0 Å². The van der Waals surface area contributed by atoms with Gasteiger partial charge in [0.25, 0.3) is 0 Å². The van der Waals surface area contributed by atoms with E-state index in [4.69, 9.17) is 10.00 Å². The number of nitrogens with zero attached hydrogens (tertiary/aromatic N) is 2. The van der Waals surface area contributed by atoms with Crippen molar-refractivity contribution in [1.82, 2.24) is 4.98 Å². The fourth-order valence-electron chi connectivity index (χ4n) is 2.33. The summed E-state index contributed by atoms with van der Waals surface area (Å²) in [5, 5.41) is 10.0. The van der Waals surface area contributed by atoms with E-state index in [0.29, 0.717) is 17.9 Å². The summed E-state index contributed by atoms with van der Waals surface area (Å²) in [6.07, 6.45) is 0. The second kappa shape index (κ2) is 5.64. The third kappa shape index (κ3) is 2.85. The number of hydrogen-bond donors (Lipinski definition) is 0. The number of aryl methyl sites for hydroxylation is 1. The van der Waals surface area contributed by atoms with Crippen molar-refractivity contribution in [2.24, 2.45) is 0 Å². The van der Waals surface area contributed by atoms with Crippen LogP contribution in [0.4, 0.5) is 0 Å². The molecule has 0 saturated heterocycles. The molecule has 0 fully saturated rings. The van der Waals surface area contributed by atoms with Crippen LogP contribution in [0.25, 0.3) is 10.9 Å². The molecule has 0 aliphatic rings. The lowest BCUT2D eigenvalue weighted by Crippen LogP contribution is -1.99. The van der Waals surface area contributed by atoms with Gasteiger partial charge in [-0.2, -0.15) is 5.26 Å². The first kappa shape index (κ1) is 13.1. The molecule has 0 aliphatic carbocycles. The lowest BCUT2D eigenvalue weighted by atomic mass is 10.1. The molecule has 0 unspecified atom stereocenters. The van der Waals surface area contributed by atoms with E-state index in [2.05, 4.69) is 11.1 Å². The molecule has 102 valence electrons. The molecule has 0 amide bonds. The van der Waals surface area contributed by atoms with Gasteiger partial charge in [-0.1, -0.05) is 24.3 Å². The first-order valence-electron chi connectivity index (χ1n) is 6.74. The van der Waals surface area contributed by atoms with Crippen LogP contribution in [0.15, 0.2) is 54.6 Å². The molecule has 2 aromatic carbocycles. The summed E-state index contributed by atoms with van der Waals surface area (Å²) in [5.74, 6) is 0.701. The van der Waals surface area contributed by atoms with Crippen LogP contribution < -0.4 is 4.74 Å². The van der Waals surface area contributed by atoms with Crippen LogP contribution in [0.3, 0.4) is 0 Å². The molecule has 0 N–H and O–H groups in total. The number of ether oxygens (including phenoxy) is 1. The van der Waals surface area contributed by atoms with E-state index in [1.165, 1.54) is 0 Å². The Morgan fingerprint density at radius 1 is 1.10 bits per heavy atom. The highest BCUT2D eigenvalue weighted by molar-refractivity contribution is 5.82. The van der Waals surface area contributed by atoms with Gasteiger partial charge < -0.3 is 4.74 Å². The zero-order valence-electron chi connectivity index (χ0n) is 11.7. The molecule has 1 aromatic heterocycles. The zero-order chi connectivity index (χ0) is 14.7. The molecule has 0 spiro atoms. The van der Waals surface area contributed by atoms with Crippen LogP contribution >= 0.6 is 0 Å². The predicted octanol–water partition coefficient (Wildman–Crippen LogP) is 3.99. The Morgan fingerprint density at radius 3 is 2.81 bits per heavy atom. The molecule has 0 bridgehead atoms. The van der Waals surface area contributed by atoms with E-state index in [1.54, 1.807) is 12.1 Å². The topological polar surface area (TPSA) is 45.9 Å². The fraction of sp³-hybridized carbons (Fsp3) is 0.111. The molecule has 3 aromatic rings. The van der Waals surface area contributed by atoms with E-state index < -0.39 is 0 Å². The Bertz CT molecular complexity index is 834. The summed E-state index contributed by atoms with van der Waals surface area (Å²) < 4.78 is 5.82. The normalized spacial score (nSPS) is 10.3. The Morgan fingerprint density at radius 2 is 1.95 bits per heavy atom. The second-order valence-electron chi connectivity index (χ2n) is 4.87. The Hall–Kier alpha value is -2.86. The van der Waals surface area contributed by atoms with E-state index in [0.717, 1.165) is 22.2 Å². The van der Waals surface area contributed by atoms with Gasteiger partial charge in [0, 0.05) is 16.6 Å². The van der Waals surface area contributed by atoms with Crippen LogP contribution in [0.2, 0.25) is 0 Å². The molecule has 3 heteroatoms. The first-order chi connectivity index (χ1) is 10.3. The van der Waals surface area contributed by atoms with Gasteiger partial charge >= 0.3 is 0 Å². The molecule has 3 rings (SSSR count). The van der Waals surface area contributed by atoms with E-state index in [9.17, 15) is 0 Å². The molecule has 21 heavy (non-hydrogen) atoms. The summed E-state index contributed by atoms with van der Waals surface area (Å²) in [6.45, 7) is 2.44. The van der Waals surface area contributed by atoms with Gasteiger partial charge in [-0.05, 0) is 37.3 Å². The molecular formula is C18H14N2O. The number of benzene rings is 2. The lowest BCUT2D eigenvalue weighted by molar-refractivity contribution is 0.307. The number of nitriles is 1. The summed E-state index contributed by atoms with van der Waals surface area (Å²) in [4.78, 5) is 4.52. The molecule has 0 radical (unpaired) electrons. The smallest absolute Gasteiger partial charge is 0.121 e. The number of para-hydroxylation sites is 1. The molecule has 1 heterocycles. The van der Waals surface area contributed by atoms with Crippen LogP contribution in [0, 0.1) is 18.3 Å². The Balaban J connectivity index is 1.90. The number of fused-ring (bicyclic) bond motifs is 1. The highest BCUT2D eigenvalue weighted by Crippen LogP contribution is 2.21. The van der Waals surface area contributed by atoms with Crippen LogP contribution in [0.5, 0.6) is 5.75 Å².